The van der Waals surface area contributed by atoms with Crippen LogP contribution < -0.4 is 15.4 Å². The number of ether oxygens (including phenoxy) is 2. The molecule has 0 unspecified atom stereocenters. The van der Waals surface area contributed by atoms with Crippen LogP contribution in [0.4, 0.5) is 5.69 Å². The Morgan fingerprint density at radius 3 is 2.50 bits per heavy atom. The maximum atomic E-state index is 12.2. The van der Waals surface area contributed by atoms with Gasteiger partial charge in [-0.3, -0.25) is 14.4 Å². The van der Waals surface area contributed by atoms with Crippen LogP contribution in [0.5, 0.6) is 5.75 Å². The monoisotopic (exact) mass is 402 g/mol. The minimum atomic E-state index is -0.712. The van der Waals surface area contributed by atoms with Gasteiger partial charge in [0, 0.05) is 4.90 Å². The molecular formula is C20H22N2O5S. The molecule has 0 aliphatic rings. The normalized spacial score (nSPS) is 10.1. The Labute approximate surface area is 167 Å². The number of carbonyl (C=O) groups is 3. The second-order valence-electron chi connectivity index (χ2n) is 5.52. The number of thioether (sulfide) groups is 1. The first-order valence-electron chi connectivity index (χ1n) is 8.63. The molecule has 2 rings (SSSR count). The molecule has 7 nitrogen and oxygen atoms in total. The van der Waals surface area contributed by atoms with Crippen LogP contribution in [0, 0.1) is 0 Å². The highest BCUT2D eigenvalue weighted by molar-refractivity contribution is 7.98. The van der Waals surface area contributed by atoms with Crippen LogP contribution in [0.15, 0.2) is 53.4 Å². The molecule has 2 aromatic carbocycles. The van der Waals surface area contributed by atoms with E-state index in [0.717, 1.165) is 4.90 Å². The fraction of sp³-hybridized carbons (Fsp3) is 0.250. The first-order valence-corrected chi connectivity index (χ1v) is 9.86. The van der Waals surface area contributed by atoms with Crippen molar-refractivity contribution in [2.24, 2.45) is 0 Å². The van der Waals surface area contributed by atoms with Crippen LogP contribution >= 0.6 is 11.8 Å². The first-order chi connectivity index (χ1) is 13.5. The van der Waals surface area contributed by atoms with E-state index in [9.17, 15) is 14.4 Å². The van der Waals surface area contributed by atoms with E-state index >= 15 is 0 Å². The summed E-state index contributed by atoms with van der Waals surface area (Å²) in [5, 5.41) is 5.15. The van der Waals surface area contributed by atoms with Gasteiger partial charge < -0.3 is 20.1 Å². The lowest BCUT2D eigenvalue weighted by molar-refractivity contribution is -0.146. The lowest BCUT2D eigenvalue weighted by Crippen LogP contribution is -2.32. The highest BCUT2D eigenvalue weighted by Gasteiger charge is 2.14. The zero-order valence-corrected chi connectivity index (χ0v) is 16.5. The predicted molar refractivity (Wildman–Crippen MR) is 108 cm³/mol. The summed E-state index contributed by atoms with van der Waals surface area (Å²) >= 11 is 1.50. The summed E-state index contributed by atoms with van der Waals surface area (Å²) in [4.78, 5) is 36.9. The topological polar surface area (TPSA) is 93.7 Å². The number of nitrogens with one attached hydrogen (secondary N) is 2. The summed E-state index contributed by atoms with van der Waals surface area (Å²) in [5.41, 5.74) is 0.973. The third-order valence-electron chi connectivity index (χ3n) is 3.57. The van der Waals surface area contributed by atoms with Crippen molar-refractivity contribution in [3.63, 3.8) is 0 Å². The number of amides is 2. The Balaban J connectivity index is 1.79. The predicted octanol–water partition coefficient (Wildman–Crippen LogP) is 2.72. The minimum absolute atomic E-state index is 0.323. The van der Waals surface area contributed by atoms with Crippen molar-refractivity contribution in [3.8, 4) is 5.75 Å². The van der Waals surface area contributed by atoms with Gasteiger partial charge in [0.05, 0.1) is 17.9 Å². The molecule has 2 amide bonds. The van der Waals surface area contributed by atoms with Gasteiger partial charge in [0.1, 0.15) is 12.3 Å². The molecule has 2 aromatic rings. The third kappa shape index (κ3) is 6.31. The quantitative estimate of drug-likeness (QED) is 0.495. The smallest absolute Gasteiger partial charge is 0.325 e. The fourth-order valence-corrected chi connectivity index (χ4v) is 2.87. The number of para-hydroxylation sites is 2. The second-order valence-corrected chi connectivity index (χ2v) is 6.37. The lowest BCUT2D eigenvalue weighted by Gasteiger charge is -2.11. The molecule has 0 aliphatic heterocycles. The molecule has 8 heteroatoms. The standard InChI is InChI=1S/C20H22N2O5S/c1-3-26-16-10-6-4-8-14(16)20(25)21-12-19(24)27-13-18(23)22-15-9-5-7-11-17(15)28-2/h4-11H,3,12-13H2,1-2H3,(H,21,25)(H,22,23). The number of hydrogen-bond donors (Lipinski definition) is 2. The van der Waals surface area contributed by atoms with E-state index in [0.29, 0.717) is 23.6 Å². The Bertz CT molecular complexity index is 841. The molecule has 0 heterocycles. The summed E-state index contributed by atoms with van der Waals surface area (Å²) < 4.78 is 10.3. The molecule has 148 valence electrons. The van der Waals surface area contributed by atoms with Crippen molar-refractivity contribution in [2.75, 3.05) is 31.3 Å². The van der Waals surface area contributed by atoms with E-state index in [2.05, 4.69) is 10.6 Å². The molecule has 2 N–H and O–H groups in total. The number of hydrogen-bond acceptors (Lipinski definition) is 6. The molecule has 0 bridgehead atoms. The van der Waals surface area contributed by atoms with Crippen molar-refractivity contribution < 1.29 is 23.9 Å². The zero-order chi connectivity index (χ0) is 20.4. The number of anilines is 1. The highest BCUT2D eigenvalue weighted by atomic mass is 32.2. The van der Waals surface area contributed by atoms with Crippen molar-refractivity contribution in [1.29, 1.82) is 0 Å². The average Bonchev–Trinajstić information content (AvgIpc) is 2.71. The van der Waals surface area contributed by atoms with Crippen molar-refractivity contribution >= 4 is 35.2 Å². The summed E-state index contributed by atoms with van der Waals surface area (Å²) in [5.74, 6) is -1.19. The van der Waals surface area contributed by atoms with Crippen LogP contribution in [0.1, 0.15) is 17.3 Å². The number of esters is 1. The van der Waals surface area contributed by atoms with Gasteiger partial charge in [-0.2, -0.15) is 0 Å². The van der Waals surface area contributed by atoms with Gasteiger partial charge in [0.2, 0.25) is 0 Å². The fourth-order valence-electron chi connectivity index (χ4n) is 2.31. The molecule has 0 spiro atoms. The SMILES string of the molecule is CCOc1ccccc1C(=O)NCC(=O)OCC(=O)Nc1ccccc1SC. The van der Waals surface area contributed by atoms with Gasteiger partial charge in [-0.15, -0.1) is 11.8 Å². The van der Waals surface area contributed by atoms with Gasteiger partial charge in [0.15, 0.2) is 6.61 Å². The molecule has 0 aromatic heterocycles. The summed E-state index contributed by atoms with van der Waals surface area (Å²) in [6, 6.07) is 14.0. The van der Waals surface area contributed by atoms with Crippen LogP contribution in [0.25, 0.3) is 0 Å². The Morgan fingerprint density at radius 1 is 1.04 bits per heavy atom. The summed E-state index contributed by atoms with van der Waals surface area (Å²) in [6.07, 6.45) is 1.90. The maximum Gasteiger partial charge on any atom is 0.325 e. The molecule has 0 atom stereocenters. The van der Waals surface area contributed by atoms with Crippen LogP contribution in [-0.4, -0.2) is 43.8 Å². The first kappa shape index (κ1) is 21.3. The Hall–Kier alpha value is -3.00. The van der Waals surface area contributed by atoms with Crippen molar-refractivity contribution in [2.45, 2.75) is 11.8 Å². The summed E-state index contributed by atoms with van der Waals surface area (Å²) in [7, 11) is 0. The second kappa shape index (κ2) is 11.0. The van der Waals surface area contributed by atoms with Crippen LogP contribution in [-0.2, 0) is 14.3 Å². The molecule has 28 heavy (non-hydrogen) atoms. The van der Waals surface area contributed by atoms with Gasteiger partial charge in [-0.05, 0) is 37.4 Å². The largest absolute Gasteiger partial charge is 0.493 e. The third-order valence-corrected chi connectivity index (χ3v) is 4.37. The van der Waals surface area contributed by atoms with E-state index < -0.39 is 24.4 Å². The Kier molecular flexibility index (Phi) is 8.36. The molecule has 0 radical (unpaired) electrons. The van der Waals surface area contributed by atoms with E-state index in [1.54, 1.807) is 36.4 Å². The minimum Gasteiger partial charge on any atom is -0.493 e. The maximum absolute atomic E-state index is 12.2. The molecule has 0 aliphatic carbocycles. The molecular weight excluding hydrogens is 380 g/mol. The molecule has 0 saturated carbocycles. The van der Waals surface area contributed by atoms with Gasteiger partial charge in [0.25, 0.3) is 11.8 Å². The summed E-state index contributed by atoms with van der Waals surface area (Å²) in [6.45, 7) is 1.44. The van der Waals surface area contributed by atoms with Crippen molar-refractivity contribution in [3.05, 3.63) is 54.1 Å². The van der Waals surface area contributed by atoms with Gasteiger partial charge >= 0.3 is 5.97 Å². The van der Waals surface area contributed by atoms with E-state index in [-0.39, 0.29) is 6.54 Å². The zero-order valence-electron chi connectivity index (χ0n) is 15.7. The number of carbonyl (C=O) groups excluding carboxylic acids is 3. The van der Waals surface area contributed by atoms with Crippen LogP contribution in [0.3, 0.4) is 0 Å². The average molecular weight is 402 g/mol. The number of rotatable bonds is 9. The van der Waals surface area contributed by atoms with E-state index in [1.807, 2.05) is 25.3 Å². The van der Waals surface area contributed by atoms with E-state index in [1.165, 1.54) is 11.8 Å². The van der Waals surface area contributed by atoms with Crippen molar-refractivity contribution in [1.82, 2.24) is 5.32 Å². The molecule has 0 saturated heterocycles. The lowest BCUT2D eigenvalue weighted by atomic mass is 10.2. The Morgan fingerprint density at radius 2 is 1.75 bits per heavy atom. The van der Waals surface area contributed by atoms with Gasteiger partial charge in [-0.1, -0.05) is 24.3 Å². The highest BCUT2D eigenvalue weighted by Crippen LogP contribution is 2.24. The van der Waals surface area contributed by atoms with E-state index in [4.69, 9.17) is 9.47 Å². The van der Waals surface area contributed by atoms with Gasteiger partial charge in [-0.25, -0.2) is 0 Å². The molecule has 0 fully saturated rings. The number of benzene rings is 2. The van der Waals surface area contributed by atoms with Crippen LogP contribution in [0.2, 0.25) is 0 Å².